The van der Waals surface area contributed by atoms with Crippen molar-refractivity contribution in [3.8, 4) is 16.9 Å². The molecule has 1 aromatic carbocycles. The highest BCUT2D eigenvalue weighted by molar-refractivity contribution is 5.80. The Labute approximate surface area is 119 Å². The third-order valence-electron chi connectivity index (χ3n) is 3.36. The van der Waals surface area contributed by atoms with Gasteiger partial charge in [0.15, 0.2) is 0 Å². The molecule has 1 N–H and O–H groups in total. The molecule has 0 unspecified atom stereocenters. The molecule has 3 rings (SSSR count). The Morgan fingerprint density at radius 3 is 2.76 bits per heavy atom. The van der Waals surface area contributed by atoms with E-state index in [1.165, 1.54) is 4.57 Å². The van der Waals surface area contributed by atoms with E-state index in [9.17, 15) is 9.59 Å². The number of nitrogens with one attached hydrogen (secondary N) is 1. The number of benzene rings is 1. The molecule has 6 heteroatoms. The second-order valence-electron chi connectivity index (χ2n) is 4.65. The number of aryl methyl sites for hydroxylation is 1. The maximum Gasteiger partial charge on any atom is 0.329 e. The molecule has 0 saturated heterocycles. The van der Waals surface area contributed by atoms with Gasteiger partial charge in [-0.3, -0.25) is 14.3 Å². The van der Waals surface area contributed by atoms with Gasteiger partial charge in [0.1, 0.15) is 11.4 Å². The van der Waals surface area contributed by atoms with E-state index in [-0.39, 0.29) is 0 Å². The normalized spacial score (nSPS) is 10.8. The van der Waals surface area contributed by atoms with Gasteiger partial charge in [0.05, 0.1) is 12.5 Å². The van der Waals surface area contributed by atoms with Crippen LogP contribution in [-0.4, -0.2) is 21.6 Å². The van der Waals surface area contributed by atoms with Crippen LogP contribution in [0, 0.1) is 0 Å². The monoisotopic (exact) mass is 283 g/mol. The molecule has 0 bridgehead atoms. The Kier molecular flexibility index (Phi) is 3.06. The number of aromatic nitrogens is 3. The summed E-state index contributed by atoms with van der Waals surface area (Å²) in [5, 5.41) is 0.373. The topological polar surface area (TPSA) is 77.0 Å². The molecule has 0 amide bonds. The lowest BCUT2D eigenvalue weighted by Gasteiger charge is -2.07. The van der Waals surface area contributed by atoms with Crippen LogP contribution in [0.15, 0.2) is 46.1 Å². The van der Waals surface area contributed by atoms with Crippen LogP contribution in [0.25, 0.3) is 22.2 Å². The van der Waals surface area contributed by atoms with Gasteiger partial charge >= 0.3 is 5.69 Å². The van der Waals surface area contributed by atoms with Crippen molar-refractivity contribution in [1.82, 2.24) is 14.5 Å². The van der Waals surface area contributed by atoms with E-state index in [0.717, 1.165) is 16.9 Å². The van der Waals surface area contributed by atoms with E-state index < -0.39 is 11.2 Å². The van der Waals surface area contributed by atoms with Crippen LogP contribution in [0.3, 0.4) is 0 Å². The Morgan fingerprint density at radius 2 is 2.00 bits per heavy atom. The summed E-state index contributed by atoms with van der Waals surface area (Å²) in [6, 6.07) is 9.19. The Balaban J connectivity index is 2.26. The molecule has 0 fully saturated rings. The van der Waals surface area contributed by atoms with Gasteiger partial charge in [-0.1, -0.05) is 12.1 Å². The molecule has 21 heavy (non-hydrogen) atoms. The fraction of sp³-hybridized carbons (Fsp3) is 0.133. The SMILES string of the molecule is COc1cccc(-c2cnc3c(c2)c(=O)[nH]c(=O)n3C)c1. The summed E-state index contributed by atoms with van der Waals surface area (Å²) < 4.78 is 6.50. The molecule has 0 aliphatic rings. The van der Waals surface area contributed by atoms with E-state index >= 15 is 0 Å². The molecule has 106 valence electrons. The highest BCUT2D eigenvalue weighted by Gasteiger charge is 2.08. The number of aromatic amines is 1. The van der Waals surface area contributed by atoms with Crippen LogP contribution < -0.4 is 16.0 Å². The summed E-state index contributed by atoms with van der Waals surface area (Å²) in [5.74, 6) is 0.724. The number of rotatable bonds is 2. The van der Waals surface area contributed by atoms with Gasteiger partial charge in [-0.05, 0) is 23.8 Å². The highest BCUT2D eigenvalue weighted by Crippen LogP contribution is 2.24. The third-order valence-corrected chi connectivity index (χ3v) is 3.36. The molecule has 2 aromatic heterocycles. The smallest absolute Gasteiger partial charge is 0.329 e. The van der Waals surface area contributed by atoms with Crippen molar-refractivity contribution in [2.45, 2.75) is 0 Å². The van der Waals surface area contributed by atoms with Gasteiger partial charge in [0.25, 0.3) is 5.56 Å². The summed E-state index contributed by atoms with van der Waals surface area (Å²) in [6.07, 6.45) is 1.63. The van der Waals surface area contributed by atoms with Crippen molar-refractivity contribution in [3.63, 3.8) is 0 Å². The van der Waals surface area contributed by atoms with Crippen molar-refractivity contribution in [3.05, 3.63) is 57.4 Å². The largest absolute Gasteiger partial charge is 0.497 e. The first-order chi connectivity index (χ1) is 10.1. The average Bonchev–Trinajstić information content (AvgIpc) is 2.52. The van der Waals surface area contributed by atoms with E-state index in [1.807, 2.05) is 24.3 Å². The predicted octanol–water partition coefficient (Wildman–Crippen LogP) is 1.30. The minimum absolute atomic E-state index is 0.357. The Bertz CT molecular complexity index is 941. The minimum Gasteiger partial charge on any atom is -0.497 e. The number of methoxy groups -OCH3 is 1. The molecule has 0 aliphatic carbocycles. The number of H-pyrrole nitrogens is 1. The summed E-state index contributed by atoms with van der Waals surface area (Å²) >= 11 is 0. The van der Waals surface area contributed by atoms with Crippen molar-refractivity contribution >= 4 is 11.0 Å². The second kappa shape index (κ2) is 4.90. The molecule has 3 aromatic rings. The van der Waals surface area contributed by atoms with E-state index in [0.29, 0.717) is 11.0 Å². The van der Waals surface area contributed by atoms with E-state index in [1.54, 1.807) is 26.4 Å². The van der Waals surface area contributed by atoms with Crippen molar-refractivity contribution in [2.24, 2.45) is 7.05 Å². The summed E-state index contributed by atoms with van der Waals surface area (Å²) in [4.78, 5) is 30.0. The quantitative estimate of drug-likeness (QED) is 0.769. The van der Waals surface area contributed by atoms with E-state index in [4.69, 9.17) is 4.74 Å². The fourth-order valence-electron chi connectivity index (χ4n) is 2.20. The number of nitrogens with zero attached hydrogens (tertiary/aromatic N) is 2. The predicted molar refractivity (Wildman–Crippen MR) is 79.6 cm³/mol. The zero-order valence-corrected chi connectivity index (χ0v) is 11.6. The maximum atomic E-state index is 11.9. The molecule has 0 spiro atoms. The van der Waals surface area contributed by atoms with Crippen LogP contribution in [0.5, 0.6) is 5.75 Å². The summed E-state index contributed by atoms with van der Waals surface area (Å²) in [6.45, 7) is 0. The van der Waals surface area contributed by atoms with Gasteiger partial charge in [-0.15, -0.1) is 0 Å². The van der Waals surface area contributed by atoms with Gasteiger partial charge < -0.3 is 4.74 Å². The van der Waals surface area contributed by atoms with Crippen LogP contribution in [0.1, 0.15) is 0 Å². The third kappa shape index (κ3) is 2.20. The Hall–Kier alpha value is -2.89. The van der Waals surface area contributed by atoms with Crippen molar-refractivity contribution in [1.29, 1.82) is 0 Å². The summed E-state index contributed by atoms with van der Waals surface area (Å²) in [5.41, 5.74) is 1.11. The first-order valence-electron chi connectivity index (χ1n) is 6.33. The zero-order valence-electron chi connectivity index (χ0n) is 11.6. The average molecular weight is 283 g/mol. The fourth-order valence-corrected chi connectivity index (χ4v) is 2.20. The number of ether oxygens (including phenoxy) is 1. The molecule has 6 nitrogen and oxygen atoms in total. The van der Waals surface area contributed by atoms with Crippen LogP contribution in [-0.2, 0) is 7.05 Å². The van der Waals surface area contributed by atoms with Crippen LogP contribution in [0.2, 0.25) is 0 Å². The molecule has 2 heterocycles. The van der Waals surface area contributed by atoms with Crippen molar-refractivity contribution in [2.75, 3.05) is 7.11 Å². The van der Waals surface area contributed by atoms with Crippen LogP contribution >= 0.6 is 0 Å². The van der Waals surface area contributed by atoms with Gasteiger partial charge in [0, 0.05) is 18.8 Å². The number of fused-ring (bicyclic) bond motifs is 1. The van der Waals surface area contributed by atoms with Gasteiger partial charge in [0.2, 0.25) is 0 Å². The molecule has 0 aliphatic heterocycles. The molecule has 0 radical (unpaired) electrons. The molecule has 0 atom stereocenters. The van der Waals surface area contributed by atoms with Gasteiger partial charge in [-0.2, -0.15) is 0 Å². The highest BCUT2D eigenvalue weighted by atomic mass is 16.5. The first kappa shape index (κ1) is 13.1. The lowest BCUT2D eigenvalue weighted by molar-refractivity contribution is 0.415. The minimum atomic E-state index is -0.478. The zero-order chi connectivity index (χ0) is 15.0. The Morgan fingerprint density at radius 1 is 1.19 bits per heavy atom. The van der Waals surface area contributed by atoms with Crippen molar-refractivity contribution < 1.29 is 4.74 Å². The van der Waals surface area contributed by atoms with Crippen LogP contribution in [0.4, 0.5) is 0 Å². The number of hydrogen-bond acceptors (Lipinski definition) is 4. The standard InChI is InChI=1S/C15H13N3O3/c1-18-13-12(14(19)17-15(18)20)7-10(8-16-13)9-4-3-5-11(6-9)21-2/h3-8H,1-2H3,(H,17,19,20). The summed E-state index contributed by atoms with van der Waals surface area (Å²) in [7, 11) is 3.16. The second-order valence-corrected chi connectivity index (χ2v) is 4.65. The van der Waals surface area contributed by atoms with Gasteiger partial charge in [-0.25, -0.2) is 9.78 Å². The first-order valence-corrected chi connectivity index (χ1v) is 6.33. The molecule has 0 saturated carbocycles. The molecular formula is C15H13N3O3. The maximum absolute atomic E-state index is 11.9. The number of pyridine rings is 1. The lowest BCUT2D eigenvalue weighted by atomic mass is 10.1. The number of hydrogen-bond donors (Lipinski definition) is 1. The molecular weight excluding hydrogens is 270 g/mol. The lowest BCUT2D eigenvalue weighted by Crippen LogP contribution is -2.28. The van der Waals surface area contributed by atoms with E-state index in [2.05, 4.69) is 9.97 Å².